The van der Waals surface area contributed by atoms with E-state index in [0.717, 1.165) is 25.0 Å². The van der Waals surface area contributed by atoms with Crippen LogP contribution in [-0.2, 0) is 20.4 Å². The maximum Gasteiger partial charge on any atom is 0.639 e. The van der Waals surface area contributed by atoms with Crippen molar-refractivity contribution in [3.8, 4) is 0 Å². The summed E-state index contributed by atoms with van der Waals surface area (Å²) in [6, 6.07) is 5.96. The van der Waals surface area contributed by atoms with Crippen molar-refractivity contribution in [2.24, 2.45) is 0 Å². The topological polar surface area (TPSA) is 40.6 Å². The summed E-state index contributed by atoms with van der Waals surface area (Å²) in [4.78, 5) is 4.34. The summed E-state index contributed by atoms with van der Waals surface area (Å²) >= 11 is 0. The number of nitrogens with zero attached hydrogens (tertiary/aromatic N) is 1. The summed E-state index contributed by atoms with van der Waals surface area (Å²) in [5.74, 6) is 0. The van der Waals surface area contributed by atoms with Crippen molar-refractivity contribution in [2.45, 2.75) is 97.3 Å². The van der Waals surface area contributed by atoms with Gasteiger partial charge in [0, 0.05) is 38.1 Å². The average Bonchev–Trinajstić information content (AvgIpc) is 2.72. The van der Waals surface area contributed by atoms with Gasteiger partial charge in [0.25, 0.3) is 0 Å². The van der Waals surface area contributed by atoms with Crippen molar-refractivity contribution in [3.05, 3.63) is 30.1 Å². The monoisotopic (exact) mass is 391 g/mol. The van der Waals surface area contributed by atoms with Crippen LogP contribution in [0.2, 0.25) is 0 Å². The highest BCUT2D eigenvalue weighted by Gasteiger charge is 2.20. The maximum atomic E-state index is 5.87. The van der Waals surface area contributed by atoms with E-state index in [2.05, 4.69) is 18.8 Å². The third-order valence-corrected chi connectivity index (χ3v) is 4.84. The van der Waals surface area contributed by atoms with Crippen LogP contribution in [0.3, 0.4) is 0 Å². The molecule has 0 fully saturated rings. The lowest BCUT2D eigenvalue weighted by molar-refractivity contribution is 0.0907. The second kappa shape index (κ2) is 19.4. The fourth-order valence-corrected chi connectivity index (χ4v) is 3.07. The highest BCUT2D eigenvalue weighted by molar-refractivity contribution is 6.36. The molecule has 0 aliphatic carbocycles. The molecule has 4 nitrogen and oxygen atoms in total. The summed E-state index contributed by atoms with van der Waals surface area (Å²) in [5, 5.41) is 0. The number of aromatic nitrogens is 1. The van der Waals surface area contributed by atoms with E-state index < -0.39 is 7.32 Å². The minimum Gasteiger partial charge on any atom is -0.386 e. The van der Waals surface area contributed by atoms with Crippen LogP contribution in [-0.4, -0.2) is 32.1 Å². The predicted molar refractivity (Wildman–Crippen MR) is 118 cm³/mol. The van der Waals surface area contributed by atoms with Gasteiger partial charge in [-0.15, -0.1) is 0 Å². The van der Waals surface area contributed by atoms with Crippen molar-refractivity contribution in [3.63, 3.8) is 0 Å². The molecule has 1 aromatic heterocycles. The van der Waals surface area contributed by atoms with Crippen LogP contribution >= 0.6 is 0 Å². The quantitative estimate of drug-likeness (QED) is 0.191. The van der Waals surface area contributed by atoms with Gasteiger partial charge in [-0.1, -0.05) is 84.1 Å². The highest BCUT2D eigenvalue weighted by atomic mass is 16.7. The minimum absolute atomic E-state index is 0.546. The zero-order valence-electron chi connectivity index (χ0n) is 18.4. The minimum atomic E-state index is -0.546. The van der Waals surface area contributed by atoms with E-state index in [1.54, 1.807) is 0 Å². The van der Waals surface area contributed by atoms with Crippen LogP contribution in [0, 0.1) is 0 Å². The van der Waals surface area contributed by atoms with Crippen LogP contribution in [0.1, 0.15) is 96.6 Å². The average molecular weight is 391 g/mol. The largest absolute Gasteiger partial charge is 0.639 e. The first-order valence-corrected chi connectivity index (χ1v) is 11.6. The Kier molecular flexibility index (Phi) is 17.4. The van der Waals surface area contributed by atoms with Gasteiger partial charge in [-0.05, 0) is 25.0 Å². The molecule has 1 aromatic rings. The van der Waals surface area contributed by atoms with Crippen LogP contribution in [0.15, 0.2) is 24.4 Å². The third kappa shape index (κ3) is 15.1. The van der Waals surface area contributed by atoms with Gasteiger partial charge in [-0.3, -0.25) is 4.98 Å². The molecule has 5 heteroatoms. The van der Waals surface area contributed by atoms with Gasteiger partial charge in [-0.2, -0.15) is 0 Å². The van der Waals surface area contributed by atoms with E-state index >= 15 is 0 Å². The standard InChI is InChI=1S/C23H42BNO3/c1-3-5-7-9-11-15-20-26-24(27-21-16-12-10-8-6-4-2)28-22-18-23-17-13-14-19-25-23/h13-14,17,19H,3-12,15-16,18,20-22H2,1-2H3. The Morgan fingerprint density at radius 3 is 1.75 bits per heavy atom. The van der Waals surface area contributed by atoms with E-state index in [1.165, 1.54) is 64.2 Å². The van der Waals surface area contributed by atoms with Crippen LogP contribution in [0.5, 0.6) is 0 Å². The lowest BCUT2D eigenvalue weighted by Gasteiger charge is -2.14. The van der Waals surface area contributed by atoms with Crippen LogP contribution in [0.25, 0.3) is 0 Å². The Morgan fingerprint density at radius 2 is 1.21 bits per heavy atom. The molecule has 0 aliphatic rings. The first kappa shape index (κ1) is 25.1. The second-order valence-corrected chi connectivity index (χ2v) is 7.51. The number of unbranched alkanes of at least 4 members (excludes halogenated alkanes) is 10. The fourth-order valence-electron chi connectivity index (χ4n) is 3.07. The summed E-state index contributed by atoms with van der Waals surface area (Å²) in [6.45, 7) is 6.47. The number of pyridine rings is 1. The van der Waals surface area contributed by atoms with Gasteiger partial charge in [0.1, 0.15) is 0 Å². The first-order chi connectivity index (χ1) is 13.9. The molecule has 28 heavy (non-hydrogen) atoms. The molecular formula is C23H42BNO3. The van der Waals surface area contributed by atoms with E-state index in [0.29, 0.717) is 19.8 Å². The molecule has 0 saturated carbocycles. The lowest BCUT2D eigenvalue weighted by Crippen LogP contribution is -2.29. The Bertz CT molecular complexity index is 415. The summed E-state index contributed by atoms with van der Waals surface area (Å²) < 4.78 is 17.6. The van der Waals surface area contributed by atoms with Gasteiger partial charge >= 0.3 is 7.32 Å². The Morgan fingerprint density at radius 1 is 0.679 bits per heavy atom. The van der Waals surface area contributed by atoms with E-state index in [1.807, 2.05) is 24.4 Å². The molecular weight excluding hydrogens is 349 g/mol. The molecule has 0 aromatic carbocycles. The number of rotatable bonds is 20. The molecule has 1 rings (SSSR count). The lowest BCUT2D eigenvalue weighted by atomic mass is 10.1. The second-order valence-electron chi connectivity index (χ2n) is 7.51. The highest BCUT2D eigenvalue weighted by Crippen LogP contribution is 2.08. The summed E-state index contributed by atoms with van der Waals surface area (Å²) in [7, 11) is -0.546. The van der Waals surface area contributed by atoms with Crippen molar-refractivity contribution in [1.82, 2.24) is 4.98 Å². The molecule has 160 valence electrons. The SMILES string of the molecule is CCCCCCCCOB(OCCCCCCCC)OCCc1ccccn1. The van der Waals surface area contributed by atoms with Crippen LogP contribution in [0.4, 0.5) is 0 Å². The first-order valence-electron chi connectivity index (χ1n) is 11.6. The van der Waals surface area contributed by atoms with Crippen molar-refractivity contribution < 1.29 is 14.0 Å². The smallest absolute Gasteiger partial charge is 0.386 e. The van der Waals surface area contributed by atoms with Gasteiger partial charge in [-0.25, -0.2) is 0 Å². The predicted octanol–water partition coefficient (Wildman–Crippen LogP) is 6.38. The van der Waals surface area contributed by atoms with Crippen molar-refractivity contribution >= 4 is 7.32 Å². The van der Waals surface area contributed by atoms with Gasteiger partial charge in [0.05, 0.1) is 0 Å². The van der Waals surface area contributed by atoms with E-state index in [9.17, 15) is 0 Å². The maximum absolute atomic E-state index is 5.87. The Hall–Kier alpha value is -0.905. The zero-order chi connectivity index (χ0) is 20.1. The normalized spacial score (nSPS) is 11.1. The molecule has 0 aliphatic heterocycles. The van der Waals surface area contributed by atoms with Gasteiger partial charge < -0.3 is 14.0 Å². The fraction of sp³-hybridized carbons (Fsp3) is 0.783. The molecule has 0 radical (unpaired) electrons. The molecule has 1 heterocycles. The molecule has 0 spiro atoms. The van der Waals surface area contributed by atoms with Crippen LogP contribution < -0.4 is 0 Å². The van der Waals surface area contributed by atoms with Crippen molar-refractivity contribution in [1.29, 1.82) is 0 Å². The number of hydrogen-bond donors (Lipinski definition) is 0. The van der Waals surface area contributed by atoms with Crippen molar-refractivity contribution in [2.75, 3.05) is 19.8 Å². The summed E-state index contributed by atoms with van der Waals surface area (Å²) in [5.41, 5.74) is 1.04. The van der Waals surface area contributed by atoms with E-state index in [-0.39, 0.29) is 0 Å². The number of hydrogen-bond acceptors (Lipinski definition) is 4. The van der Waals surface area contributed by atoms with Gasteiger partial charge in [0.2, 0.25) is 0 Å². The molecule has 0 bridgehead atoms. The Labute approximate surface area is 173 Å². The van der Waals surface area contributed by atoms with E-state index in [4.69, 9.17) is 14.0 Å². The molecule has 0 unspecified atom stereocenters. The van der Waals surface area contributed by atoms with Gasteiger partial charge in [0.15, 0.2) is 0 Å². The third-order valence-electron chi connectivity index (χ3n) is 4.84. The summed E-state index contributed by atoms with van der Waals surface area (Å²) in [6.07, 6.45) is 17.7. The molecule has 0 amide bonds. The Balaban J connectivity index is 2.18. The molecule has 0 atom stereocenters. The molecule has 0 saturated heterocycles. The zero-order valence-corrected chi connectivity index (χ0v) is 18.4. The molecule has 0 N–H and O–H groups in total.